The molecule has 1 aromatic carbocycles. The van der Waals surface area contributed by atoms with Gasteiger partial charge in [-0.15, -0.1) is 11.8 Å². The molecule has 1 aliphatic rings. The molecule has 0 N–H and O–H groups in total. The van der Waals surface area contributed by atoms with Gasteiger partial charge in [-0.25, -0.2) is 0 Å². The number of benzene rings is 1. The second-order valence-corrected chi connectivity index (χ2v) is 6.03. The lowest BCUT2D eigenvalue weighted by molar-refractivity contribution is -0.385. The molecule has 2 heterocycles. The number of hydrogen-bond donors (Lipinski definition) is 0. The Balaban J connectivity index is 1.96. The molecule has 2 aromatic rings. The Morgan fingerprint density at radius 2 is 2.21 bits per heavy atom. The van der Waals surface area contributed by atoms with Crippen molar-refractivity contribution >= 4 is 34.4 Å². The molecule has 1 aromatic heterocycles. The molecule has 0 amide bonds. The molecule has 24 heavy (non-hydrogen) atoms. The molecular weight excluding hydrogens is 340 g/mol. The van der Waals surface area contributed by atoms with Crippen LogP contribution in [-0.2, 0) is 19.0 Å². The number of nitrogens with zero attached hydrogens (tertiary/aromatic N) is 2. The molecule has 0 bridgehead atoms. The van der Waals surface area contributed by atoms with E-state index in [0.29, 0.717) is 34.9 Å². The lowest BCUT2D eigenvalue weighted by Gasteiger charge is -2.08. The van der Waals surface area contributed by atoms with Crippen LogP contribution in [0.25, 0.3) is 11.0 Å². The van der Waals surface area contributed by atoms with Gasteiger partial charge in [0.25, 0.3) is 5.69 Å². The van der Waals surface area contributed by atoms with Crippen LogP contribution in [0.2, 0.25) is 0 Å². The predicted octanol–water partition coefficient (Wildman–Crippen LogP) is 2.44. The molecule has 0 aliphatic carbocycles. The number of rotatable bonds is 6. The summed E-state index contributed by atoms with van der Waals surface area (Å²) in [7, 11) is 1.31. The molecule has 9 nitrogen and oxygen atoms in total. The first-order valence-corrected chi connectivity index (χ1v) is 8.09. The Morgan fingerprint density at radius 1 is 1.46 bits per heavy atom. The summed E-state index contributed by atoms with van der Waals surface area (Å²) in [5.74, 6) is 0.0529. The number of methoxy groups -OCH3 is 1. The van der Waals surface area contributed by atoms with Crippen molar-refractivity contribution in [2.24, 2.45) is 0 Å². The number of carbonyl (C=O) groups excluding carboxylic acids is 1. The van der Waals surface area contributed by atoms with Crippen LogP contribution in [0.4, 0.5) is 5.69 Å². The number of esters is 1. The maximum Gasteiger partial charge on any atom is 0.306 e. The zero-order valence-corrected chi connectivity index (χ0v) is 13.5. The quantitative estimate of drug-likeness (QED) is 0.334. The number of nitro groups is 1. The standard InChI is InChI=1S/C14H14N2O7S/c1-20-11(17)2-5-24-10-7-8(16(18)19)6-9-12(10)13(15-23-9)14-21-3-4-22-14/h6-7,14H,2-5H2,1H3. The SMILES string of the molecule is COC(=O)CCSc1cc([N+](=O)[O-])cc2onc(C3OCCO3)c12. The number of thioether (sulfide) groups is 1. The van der Waals surface area contributed by atoms with Crippen LogP contribution in [0.15, 0.2) is 21.6 Å². The monoisotopic (exact) mass is 354 g/mol. The van der Waals surface area contributed by atoms with Crippen LogP contribution in [0.1, 0.15) is 18.4 Å². The van der Waals surface area contributed by atoms with Crippen LogP contribution in [0, 0.1) is 10.1 Å². The maximum atomic E-state index is 11.3. The molecule has 0 atom stereocenters. The minimum absolute atomic E-state index is 0.112. The fraction of sp³-hybridized carbons (Fsp3) is 0.429. The van der Waals surface area contributed by atoms with Crippen LogP contribution in [0.5, 0.6) is 0 Å². The van der Waals surface area contributed by atoms with Crippen molar-refractivity contribution in [3.05, 3.63) is 27.9 Å². The minimum atomic E-state index is -0.660. The second kappa shape index (κ2) is 7.16. The Labute approximate surface area is 140 Å². The van der Waals surface area contributed by atoms with Crippen molar-refractivity contribution in [3.63, 3.8) is 0 Å². The highest BCUT2D eigenvalue weighted by molar-refractivity contribution is 7.99. The normalized spacial score (nSPS) is 15.0. The minimum Gasteiger partial charge on any atom is -0.469 e. The fourth-order valence-electron chi connectivity index (χ4n) is 2.29. The van der Waals surface area contributed by atoms with Crippen molar-refractivity contribution in [2.75, 3.05) is 26.1 Å². The van der Waals surface area contributed by atoms with Gasteiger partial charge in [-0.3, -0.25) is 14.9 Å². The van der Waals surface area contributed by atoms with E-state index in [-0.39, 0.29) is 23.7 Å². The third-order valence-electron chi connectivity index (χ3n) is 3.40. The fourth-order valence-corrected chi connectivity index (χ4v) is 3.33. The second-order valence-electron chi connectivity index (χ2n) is 4.89. The zero-order chi connectivity index (χ0) is 17.1. The smallest absolute Gasteiger partial charge is 0.306 e. The lowest BCUT2D eigenvalue weighted by Crippen LogP contribution is -2.02. The van der Waals surface area contributed by atoms with Gasteiger partial charge in [0.2, 0.25) is 6.29 Å². The Bertz CT molecular complexity index is 770. The summed E-state index contributed by atoms with van der Waals surface area (Å²) in [6, 6.07) is 2.74. The molecule has 128 valence electrons. The van der Waals surface area contributed by atoms with E-state index >= 15 is 0 Å². The van der Waals surface area contributed by atoms with Gasteiger partial charge in [-0.2, -0.15) is 0 Å². The van der Waals surface area contributed by atoms with E-state index in [9.17, 15) is 14.9 Å². The zero-order valence-electron chi connectivity index (χ0n) is 12.7. The predicted molar refractivity (Wildman–Crippen MR) is 82.7 cm³/mol. The van der Waals surface area contributed by atoms with E-state index in [1.54, 1.807) is 0 Å². The van der Waals surface area contributed by atoms with Crippen LogP contribution < -0.4 is 0 Å². The van der Waals surface area contributed by atoms with Gasteiger partial charge in [0, 0.05) is 16.7 Å². The van der Waals surface area contributed by atoms with Gasteiger partial charge in [0.05, 0.1) is 43.1 Å². The van der Waals surface area contributed by atoms with Gasteiger partial charge in [0.15, 0.2) is 5.58 Å². The molecule has 0 saturated carbocycles. The van der Waals surface area contributed by atoms with Gasteiger partial charge >= 0.3 is 5.97 Å². The van der Waals surface area contributed by atoms with E-state index in [4.69, 9.17) is 14.0 Å². The Kier molecular flexibility index (Phi) is 4.97. The van der Waals surface area contributed by atoms with E-state index in [2.05, 4.69) is 9.89 Å². The number of fused-ring (bicyclic) bond motifs is 1. The highest BCUT2D eigenvalue weighted by atomic mass is 32.2. The molecule has 10 heteroatoms. The van der Waals surface area contributed by atoms with E-state index in [0.717, 1.165) is 0 Å². The van der Waals surface area contributed by atoms with Crippen molar-refractivity contribution < 1.29 is 28.5 Å². The molecular formula is C14H14N2O7S. The summed E-state index contributed by atoms with van der Waals surface area (Å²) < 4.78 is 20.7. The van der Waals surface area contributed by atoms with E-state index < -0.39 is 11.2 Å². The van der Waals surface area contributed by atoms with Crippen molar-refractivity contribution in [2.45, 2.75) is 17.6 Å². The summed E-state index contributed by atoms with van der Waals surface area (Å²) in [5, 5.41) is 15.6. The molecule has 0 unspecified atom stereocenters. The van der Waals surface area contributed by atoms with Crippen molar-refractivity contribution in [1.29, 1.82) is 0 Å². The van der Waals surface area contributed by atoms with Crippen LogP contribution in [0.3, 0.4) is 0 Å². The largest absolute Gasteiger partial charge is 0.469 e. The van der Waals surface area contributed by atoms with E-state index in [1.807, 2.05) is 0 Å². The first-order chi connectivity index (χ1) is 11.6. The maximum absolute atomic E-state index is 11.3. The molecule has 1 saturated heterocycles. The van der Waals surface area contributed by atoms with Crippen molar-refractivity contribution in [3.8, 4) is 0 Å². The Morgan fingerprint density at radius 3 is 2.88 bits per heavy atom. The third kappa shape index (κ3) is 3.35. The first-order valence-electron chi connectivity index (χ1n) is 7.10. The molecule has 1 aliphatic heterocycles. The summed E-state index contributed by atoms with van der Waals surface area (Å²) in [5.41, 5.74) is 0.607. The highest BCUT2D eigenvalue weighted by Gasteiger charge is 2.28. The molecule has 0 spiro atoms. The van der Waals surface area contributed by atoms with Gasteiger partial charge in [0.1, 0.15) is 5.69 Å². The lowest BCUT2D eigenvalue weighted by atomic mass is 10.2. The Hall–Kier alpha value is -2.17. The third-order valence-corrected chi connectivity index (χ3v) is 4.44. The summed E-state index contributed by atoms with van der Waals surface area (Å²) in [6.45, 7) is 0.883. The molecule has 0 radical (unpaired) electrons. The van der Waals surface area contributed by atoms with Gasteiger partial charge in [-0.05, 0) is 0 Å². The average molecular weight is 354 g/mol. The topological polar surface area (TPSA) is 114 Å². The molecule has 3 rings (SSSR count). The first kappa shape index (κ1) is 16.7. The van der Waals surface area contributed by atoms with Crippen LogP contribution in [-0.4, -0.2) is 42.1 Å². The van der Waals surface area contributed by atoms with Gasteiger partial charge < -0.3 is 18.7 Å². The number of ether oxygens (including phenoxy) is 3. The number of carbonyl (C=O) groups is 1. The highest BCUT2D eigenvalue weighted by Crippen LogP contribution is 2.38. The van der Waals surface area contributed by atoms with Crippen LogP contribution >= 0.6 is 11.8 Å². The summed E-state index contributed by atoms with van der Waals surface area (Å²) >= 11 is 1.29. The summed E-state index contributed by atoms with van der Waals surface area (Å²) in [4.78, 5) is 22.4. The number of non-ortho nitro benzene ring substituents is 1. The average Bonchev–Trinajstić information content (AvgIpc) is 3.23. The summed E-state index contributed by atoms with van der Waals surface area (Å²) in [6.07, 6.45) is -0.477. The van der Waals surface area contributed by atoms with E-state index in [1.165, 1.54) is 31.0 Å². The van der Waals surface area contributed by atoms with Crippen molar-refractivity contribution in [1.82, 2.24) is 5.16 Å². The molecule has 1 fully saturated rings. The number of aromatic nitrogens is 1. The number of hydrogen-bond acceptors (Lipinski definition) is 9. The number of nitro benzene ring substituents is 1. The van der Waals surface area contributed by atoms with Gasteiger partial charge in [-0.1, -0.05) is 5.16 Å².